The van der Waals surface area contributed by atoms with Gasteiger partial charge in [-0.3, -0.25) is 4.79 Å². The van der Waals surface area contributed by atoms with Gasteiger partial charge in [0.15, 0.2) is 9.84 Å². The van der Waals surface area contributed by atoms with Crippen LogP contribution in [0.3, 0.4) is 0 Å². The SMILES string of the molecule is CN(Cc1ccccc1)C(=O)CSc1nnc(C[C@@H]2CCS(=O)(=O)C2)o1. The molecule has 1 aromatic carbocycles. The monoisotopic (exact) mass is 395 g/mol. The van der Waals surface area contributed by atoms with Crippen LogP contribution in [-0.4, -0.2) is 53.7 Å². The average Bonchev–Trinajstić information content (AvgIpc) is 3.19. The number of rotatable bonds is 7. The van der Waals surface area contributed by atoms with Crippen molar-refractivity contribution in [3.05, 3.63) is 41.8 Å². The summed E-state index contributed by atoms with van der Waals surface area (Å²) in [6, 6.07) is 9.78. The normalized spacial score (nSPS) is 18.7. The molecule has 0 N–H and O–H groups in total. The van der Waals surface area contributed by atoms with Gasteiger partial charge in [-0.15, -0.1) is 10.2 Å². The van der Waals surface area contributed by atoms with Crippen molar-refractivity contribution in [3.63, 3.8) is 0 Å². The number of carbonyl (C=O) groups excluding carboxylic acids is 1. The van der Waals surface area contributed by atoms with E-state index in [-0.39, 0.29) is 29.1 Å². The number of aromatic nitrogens is 2. The zero-order valence-corrected chi connectivity index (χ0v) is 16.1. The predicted molar refractivity (Wildman–Crippen MR) is 98.4 cm³/mol. The Labute approximate surface area is 157 Å². The molecule has 1 saturated heterocycles. The molecule has 0 saturated carbocycles. The third-order valence-electron chi connectivity index (χ3n) is 4.25. The van der Waals surface area contributed by atoms with E-state index in [2.05, 4.69) is 10.2 Å². The standard InChI is InChI=1S/C17H21N3O4S2/c1-20(10-13-5-3-2-4-6-13)16(21)11-25-17-19-18-15(24-17)9-14-7-8-26(22,23)12-14/h2-6,14H,7-12H2,1H3/t14-/m0/s1. The highest BCUT2D eigenvalue weighted by atomic mass is 32.2. The molecule has 0 unspecified atom stereocenters. The molecule has 1 aromatic heterocycles. The van der Waals surface area contributed by atoms with Crippen LogP contribution in [0.2, 0.25) is 0 Å². The lowest BCUT2D eigenvalue weighted by Gasteiger charge is -2.16. The minimum absolute atomic E-state index is 0.0273. The summed E-state index contributed by atoms with van der Waals surface area (Å²) in [5.41, 5.74) is 1.07. The number of amides is 1. The summed E-state index contributed by atoms with van der Waals surface area (Å²) in [5, 5.41) is 8.23. The van der Waals surface area contributed by atoms with Crippen molar-refractivity contribution in [2.75, 3.05) is 24.3 Å². The molecule has 1 aliphatic heterocycles. The first-order valence-electron chi connectivity index (χ1n) is 8.35. The van der Waals surface area contributed by atoms with Crippen LogP contribution in [0.1, 0.15) is 17.9 Å². The van der Waals surface area contributed by atoms with E-state index >= 15 is 0 Å². The maximum atomic E-state index is 12.2. The van der Waals surface area contributed by atoms with Gasteiger partial charge >= 0.3 is 0 Å². The second-order valence-corrected chi connectivity index (χ2v) is 9.61. The van der Waals surface area contributed by atoms with Gasteiger partial charge in [-0.2, -0.15) is 0 Å². The highest BCUT2D eigenvalue weighted by Gasteiger charge is 2.29. The molecule has 2 aromatic rings. The Morgan fingerprint density at radius 1 is 1.31 bits per heavy atom. The Morgan fingerprint density at radius 2 is 2.08 bits per heavy atom. The summed E-state index contributed by atoms with van der Waals surface area (Å²) in [7, 11) is -1.15. The van der Waals surface area contributed by atoms with Crippen molar-refractivity contribution in [1.82, 2.24) is 15.1 Å². The van der Waals surface area contributed by atoms with Crippen LogP contribution in [0.15, 0.2) is 40.0 Å². The predicted octanol–water partition coefficient (Wildman–Crippen LogP) is 1.80. The van der Waals surface area contributed by atoms with Crippen molar-refractivity contribution >= 4 is 27.5 Å². The van der Waals surface area contributed by atoms with Gasteiger partial charge < -0.3 is 9.32 Å². The Morgan fingerprint density at radius 3 is 2.77 bits per heavy atom. The topological polar surface area (TPSA) is 93.4 Å². The zero-order chi connectivity index (χ0) is 18.6. The molecule has 0 bridgehead atoms. The molecule has 1 atom stereocenters. The van der Waals surface area contributed by atoms with E-state index in [1.807, 2.05) is 30.3 Å². The van der Waals surface area contributed by atoms with Gasteiger partial charge in [0.25, 0.3) is 5.22 Å². The Bertz CT molecular complexity index is 852. The van der Waals surface area contributed by atoms with Crippen molar-refractivity contribution in [3.8, 4) is 0 Å². The summed E-state index contributed by atoms with van der Waals surface area (Å²) >= 11 is 1.20. The number of sulfone groups is 1. The third-order valence-corrected chi connectivity index (χ3v) is 6.89. The van der Waals surface area contributed by atoms with Crippen molar-refractivity contribution in [2.24, 2.45) is 5.92 Å². The molecule has 2 heterocycles. The van der Waals surface area contributed by atoms with Crippen LogP contribution in [0, 0.1) is 5.92 Å². The molecule has 0 spiro atoms. The number of hydrogen-bond donors (Lipinski definition) is 0. The summed E-state index contributed by atoms with van der Waals surface area (Å²) in [4.78, 5) is 13.9. The lowest BCUT2D eigenvalue weighted by atomic mass is 10.1. The molecule has 26 heavy (non-hydrogen) atoms. The van der Waals surface area contributed by atoms with Crippen molar-refractivity contribution in [2.45, 2.75) is 24.6 Å². The Hall–Kier alpha value is -1.87. The first-order chi connectivity index (χ1) is 12.4. The van der Waals surface area contributed by atoms with Gasteiger partial charge in [0.1, 0.15) is 0 Å². The summed E-state index contributed by atoms with van der Waals surface area (Å²) in [5.74, 6) is 1.07. The second-order valence-electron chi connectivity index (χ2n) is 6.46. The average molecular weight is 396 g/mol. The highest BCUT2D eigenvalue weighted by molar-refractivity contribution is 7.99. The molecule has 1 amide bonds. The van der Waals surface area contributed by atoms with Crippen LogP contribution in [-0.2, 0) is 27.6 Å². The van der Waals surface area contributed by atoms with E-state index < -0.39 is 9.84 Å². The van der Waals surface area contributed by atoms with E-state index in [0.29, 0.717) is 30.5 Å². The van der Waals surface area contributed by atoms with E-state index in [4.69, 9.17) is 4.42 Å². The first-order valence-corrected chi connectivity index (χ1v) is 11.2. The largest absolute Gasteiger partial charge is 0.416 e. The molecule has 1 fully saturated rings. The summed E-state index contributed by atoms with van der Waals surface area (Å²) in [6.45, 7) is 0.547. The zero-order valence-electron chi connectivity index (χ0n) is 14.5. The van der Waals surface area contributed by atoms with Crippen molar-refractivity contribution < 1.29 is 17.6 Å². The molecule has 140 valence electrons. The van der Waals surface area contributed by atoms with E-state index in [1.54, 1.807) is 11.9 Å². The van der Waals surface area contributed by atoms with Crippen LogP contribution in [0.5, 0.6) is 0 Å². The van der Waals surface area contributed by atoms with Gasteiger partial charge in [0.2, 0.25) is 11.8 Å². The molecule has 3 rings (SSSR count). The fraction of sp³-hybridized carbons (Fsp3) is 0.471. The number of carbonyl (C=O) groups is 1. The number of benzene rings is 1. The number of thioether (sulfide) groups is 1. The molecule has 0 aliphatic carbocycles. The second kappa shape index (κ2) is 8.22. The van der Waals surface area contributed by atoms with Gasteiger partial charge in [0.05, 0.1) is 17.3 Å². The third kappa shape index (κ3) is 5.31. The number of nitrogens with zero attached hydrogens (tertiary/aromatic N) is 3. The van der Waals surface area contributed by atoms with Crippen LogP contribution in [0.25, 0.3) is 0 Å². The minimum Gasteiger partial charge on any atom is -0.416 e. The van der Waals surface area contributed by atoms with E-state index in [0.717, 1.165) is 5.56 Å². The molecule has 1 aliphatic rings. The van der Waals surface area contributed by atoms with Gasteiger partial charge in [-0.05, 0) is 17.9 Å². The van der Waals surface area contributed by atoms with Gasteiger partial charge in [-0.25, -0.2) is 8.42 Å². The molecule has 7 nitrogen and oxygen atoms in total. The smallest absolute Gasteiger partial charge is 0.277 e. The Balaban J connectivity index is 1.46. The maximum Gasteiger partial charge on any atom is 0.277 e. The van der Waals surface area contributed by atoms with E-state index in [9.17, 15) is 13.2 Å². The minimum atomic E-state index is -2.91. The molecular weight excluding hydrogens is 374 g/mol. The number of hydrogen-bond acceptors (Lipinski definition) is 7. The molecule has 0 radical (unpaired) electrons. The van der Waals surface area contributed by atoms with Gasteiger partial charge in [-0.1, -0.05) is 42.1 Å². The van der Waals surface area contributed by atoms with Gasteiger partial charge in [0, 0.05) is 20.0 Å². The van der Waals surface area contributed by atoms with Crippen LogP contribution in [0.4, 0.5) is 0 Å². The lowest BCUT2D eigenvalue weighted by Crippen LogP contribution is -2.27. The Kier molecular flexibility index (Phi) is 5.98. The van der Waals surface area contributed by atoms with Crippen LogP contribution >= 0.6 is 11.8 Å². The molecular formula is C17H21N3O4S2. The summed E-state index contributed by atoms with van der Waals surface area (Å²) in [6.07, 6.45) is 1.10. The maximum absolute atomic E-state index is 12.2. The fourth-order valence-electron chi connectivity index (χ4n) is 2.84. The van der Waals surface area contributed by atoms with E-state index in [1.165, 1.54) is 11.8 Å². The van der Waals surface area contributed by atoms with Crippen LogP contribution < -0.4 is 0 Å². The fourth-order valence-corrected chi connectivity index (χ4v) is 5.42. The summed E-state index contributed by atoms with van der Waals surface area (Å²) < 4.78 is 28.5. The van der Waals surface area contributed by atoms with Crippen molar-refractivity contribution in [1.29, 1.82) is 0 Å². The highest BCUT2D eigenvalue weighted by Crippen LogP contribution is 2.24. The lowest BCUT2D eigenvalue weighted by molar-refractivity contribution is -0.127. The quantitative estimate of drug-likeness (QED) is 0.660. The first kappa shape index (κ1) is 18.9. The molecule has 9 heteroatoms.